The van der Waals surface area contributed by atoms with Gasteiger partial charge in [0.15, 0.2) is 0 Å². The van der Waals surface area contributed by atoms with Gasteiger partial charge in [-0.1, -0.05) is 52.9 Å². The highest BCUT2D eigenvalue weighted by Gasteiger charge is 2.47. The fourth-order valence-electron chi connectivity index (χ4n) is 4.07. The topological polar surface area (TPSA) is 66.5 Å². The van der Waals surface area contributed by atoms with E-state index < -0.39 is 0 Å². The second kappa shape index (κ2) is 10.7. The third kappa shape index (κ3) is 6.40. The van der Waals surface area contributed by atoms with E-state index in [4.69, 9.17) is 0 Å². The smallest absolute Gasteiger partial charge is 0.233 e. The van der Waals surface area contributed by atoms with Crippen LogP contribution in [-0.4, -0.2) is 35.2 Å². The van der Waals surface area contributed by atoms with Crippen LogP contribution in [0.3, 0.4) is 0 Å². The summed E-state index contributed by atoms with van der Waals surface area (Å²) in [5.74, 6) is -0.531. The molecule has 150 valence electrons. The Labute approximate surface area is 159 Å². The van der Waals surface area contributed by atoms with Gasteiger partial charge in [0.25, 0.3) is 0 Å². The van der Waals surface area contributed by atoms with Crippen LogP contribution in [0.1, 0.15) is 92.4 Å². The highest BCUT2D eigenvalue weighted by Crippen LogP contribution is 2.43. The summed E-state index contributed by atoms with van der Waals surface area (Å²) in [4.78, 5) is 38.5. The lowest BCUT2D eigenvalue weighted by atomic mass is 9.69. The van der Waals surface area contributed by atoms with Crippen LogP contribution >= 0.6 is 0 Å². The van der Waals surface area contributed by atoms with Crippen molar-refractivity contribution in [2.75, 3.05) is 6.54 Å². The highest BCUT2D eigenvalue weighted by atomic mass is 16.2. The minimum Gasteiger partial charge on any atom is -0.354 e. The Morgan fingerprint density at radius 3 is 2.42 bits per heavy atom. The van der Waals surface area contributed by atoms with Crippen LogP contribution in [0.2, 0.25) is 0 Å². The SMILES string of the molecule is CCCCCCC(C)(CCC)C1CC(=O)N(CCC(=O)NC(C)C)C1=O. The monoisotopic (exact) mass is 366 g/mol. The maximum Gasteiger partial charge on any atom is 0.233 e. The van der Waals surface area contributed by atoms with Crippen molar-refractivity contribution < 1.29 is 14.4 Å². The van der Waals surface area contributed by atoms with E-state index in [1.165, 1.54) is 24.2 Å². The molecule has 3 amide bonds. The maximum atomic E-state index is 12.9. The molecule has 1 aliphatic rings. The van der Waals surface area contributed by atoms with Crippen molar-refractivity contribution >= 4 is 17.7 Å². The first-order valence-electron chi connectivity index (χ1n) is 10.4. The van der Waals surface area contributed by atoms with Crippen LogP contribution in [0, 0.1) is 11.3 Å². The molecule has 5 heteroatoms. The van der Waals surface area contributed by atoms with Crippen molar-refractivity contribution in [2.45, 2.75) is 98.4 Å². The van der Waals surface area contributed by atoms with Crippen LogP contribution < -0.4 is 5.32 Å². The van der Waals surface area contributed by atoms with Crippen LogP contribution in [0.4, 0.5) is 0 Å². The van der Waals surface area contributed by atoms with E-state index in [2.05, 4.69) is 26.1 Å². The van der Waals surface area contributed by atoms with Gasteiger partial charge in [-0.2, -0.15) is 0 Å². The molecule has 0 saturated carbocycles. The summed E-state index contributed by atoms with van der Waals surface area (Å²) < 4.78 is 0. The molecule has 0 spiro atoms. The molecule has 1 fully saturated rings. The summed E-state index contributed by atoms with van der Waals surface area (Å²) in [7, 11) is 0. The van der Waals surface area contributed by atoms with E-state index in [0.29, 0.717) is 6.42 Å². The summed E-state index contributed by atoms with van der Waals surface area (Å²) >= 11 is 0. The van der Waals surface area contributed by atoms with Crippen molar-refractivity contribution in [3.8, 4) is 0 Å². The molecule has 1 saturated heterocycles. The molecule has 0 aromatic heterocycles. The van der Waals surface area contributed by atoms with E-state index in [1.54, 1.807) is 0 Å². The van der Waals surface area contributed by atoms with Gasteiger partial charge in [-0.05, 0) is 32.1 Å². The quantitative estimate of drug-likeness (QED) is 0.418. The summed E-state index contributed by atoms with van der Waals surface area (Å²) in [5, 5.41) is 2.81. The van der Waals surface area contributed by atoms with Gasteiger partial charge >= 0.3 is 0 Å². The fourth-order valence-corrected chi connectivity index (χ4v) is 4.07. The molecule has 0 aliphatic carbocycles. The van der Waals surface area contributed by atoms with Gasteiger partial charge in [0.2, 0.25) is 17.7 Å². The van der Waals surface area contributed by atoms with Gasteiger partial charge in [-0.15, -0.1) is 0 Å². The summed E-state index contributed by atoms with van der Waals surface area (Å²) in [6.45, 7) is 10.5. The molecule has 0 aromatic rings. The lowest BCUT2D eigenvalue weighted by Gasteiger charge is -2.34. The summed E-state index contributed by atoms with van der Waals surface area (Å²) in [6, 6.07) is 0.0659. The number of carbonyl (C=O) groups excluding carboxylic acids is 3. The number of unbranched alkanes of at least 4 members (excludes halogenated alkanes) is 3. The lowest BCUT2D eigenvalue weighted by Crippen LogP contribution is -2.39. The molecule has 1 rings (SSSR count). The molecule has 0 radical (unpaired) electrons. The lowest BCUT2D eigenvalue weighted by molar-refractivity contribution is -0.141. The Bertz CT molecular complexity index is 490. The molecule has 1 aliphatic heterocycles. The maximum absolute atomic E-state index is 12.9. The average molecular weight is 367 g/mol. The van der Waals surface area contributed by atoms with E-state index in [0.717, 1.165) is 25.7 Å². The zero-order valence-corrected chi connectivity index (χ0v) is 17.4. The molecular formula is C21H38N2O3. The number of nitrogens with one attached hydrogen (secondary N) is 1. The first kappa shape index (κ1) is 22.7. The van der Waals surface area contributed by atoms with Crippen LogP contribution in [0.15, 0.2) is 0 Å². The Balaban J connectivity index is 2.71. The number of hydrogen-bond acceptors (Lipinski definition) is 3. The number of hydrogen-bond donors (Lipinski definition) is 1. The predicted octanol–water partition coefficient (Wildman–Crippen LogP) is 4.05. The Morgan fingerprint density at radius 1 is 1.15 bits per heavy atom. The zero-order chi connectivity index (χ0) is 19.7. The van der Waals surface area contributed by atoms with Gasteiger partial charge in [-0.3, -0.25) is 19.3 Å². The number of imide groups is 1. The molecule has 0 bridgehead atoms. The number of amides is 3. The minimum atomic E-state index is -0.232. The zero-order valence-electron chi connectivity index (χ0n) is 17.4. The summed E-state index contributed by atoms with van der Waals surface area (Å²) in [6.07, 6.45) is 8.16. The largest absolute Gasteiger partial charge is 0.354 e. The molecule has 0 aromatic carbocycles. The third-order valence-electron chi connectivity index (χ3n) is 5.52. The normalized spacial score (nSPS) is 19.9. The highest BCUT2D eigenvalue weighted by molar-refractivity contribution is 6.04. The average Bonchev–Trinajstić information content (AvgIpc) is 2.84. The molecule has 2 unspecified atom stereocenters. The molecule has 2 atom stereocenters. The van der Waals surface area contributed by atoms with E-state index >= 15 is 0 Å². The van der Waals surface area contributed by atoms with Crippen molar-refractivity contribution in [3.63, 3.8) is 0 Å². The summed E-state index contributed by atoms with van der Waals surface area (Å²) in [5.41, 5.74) is -0.121. The van der Waals surface area contributed by atoms with Crippen molar-refractivity contribution in [3.05, 3.63) is 0 Å². The van der Waals surface area contributed by atoms with Crippen molar-refractivity contribution in [1.82, 2.24) is 10.2 Å². The van der Waals surface area contributed by atoms with Gasteiger partial charge in [-0.25, -0.2) is 0 Å². The first-order chi connectivity index (χ1) is 12.2. The Hall–Kier alpha value is -1.39. The Kier molecular flexibility index (Phi) is 9.31. The molecule has 1 heterocycles. The minimum absolute atomic E-state index is 0.0659. The van der Waals surface area contributed by atoms with Crippen LogP contribution in [0.25, 0.3) is 0 Å². The van der Waals surface area contributed by atoms with Gasteiger partial charge in [0.1, 0.15) is 0 Å². The van der Waals surface area contributed by atoms with Gasteiger partial charge < -0.3 is 5.32 Å². The third-order valence-corrected chi connectivity index (χ3v) is 5.52. The Morgan fingerprint density at radius 2 is 1.85 bits per heavy atom. The second-order valence-corrected chi connectivity index (χ2v) is 8.33. The van der Waals surface area contributed by atoms with E-state index in [1.807, 2.05) is 13.8 Å². The van der Waals surface area contributed by atoms with Gasteiger partial charge in [0.05, 0.1) is 5.92 Å². The van der Waals surface area contributed by atoms with Crippen molar-refractivity contribution in [1.29, 1.82) is 0 Å². The van der Waals surface area contributed by atoms with Crippen LogP contribution in [0.5, 0.6) is 0 Å². The van der Waals surface area contributed by atoms with E-state index in [9.17, 15) is 14.4 Å². The molecule has 26 heavy (non-hydrogen) atoms. The number of carbonyl (C=O) groups is 3. The number of rotatable bonds is 12. The molecular weight excluding hydrogens is 328 g/mol. The van der Waals surface area contributed by atoms with Gasteiger partial charge in [0, 0.05) is 25.4 Å². The number of likely N-dealkylation sites (tertiary alicyclic amines) is 1. The van der Waals surface area contributed by atoms with E-state index in [-0.39, 0.29) is 48.1 Å². The second-order valence-electron chi connectivity index (χ2n) is 8.33. The van der Waals surface area contributed by atoms with Crippen molar-refractivity contribution in [2.24, 2.45) is 11.3 Å². The predicted molar refractivity (Wildman–Crippen MR) is 104 cm³/mol. The first-order valence-corrected chi connectivity index (χ1v) is 10.4. The standard InChI is InChI=1S/C21H38N2O3/c1-6-8-9-10-13-21(5,12-7-2)17-15-19(25)23(20(17)26)14-11-18(24)22-16(3)4/h16-17H,6-15H2,1-5H3,(H,22,24). The molecule has 1 N–H and O–H groups in total. The number of nitrogens with zero attached hydrogens (tertiary/aromatic N) is 1. The van der Waals surface area contributed by atoms with Crippen LogP contribution in [-0.2, 0) is 14.4 Å². The molecule has 5 nitrogen and oxygen atoms in total. The fraction of sp³-hybridized carbons (Fsp3) is 0.857.